The van der Waals surface area contributed by atoms with Gasteiger partial charge >= 0.3 is 0 Å². The van der Waals surface area contributed by atoms with Crippen LogP contribution in [0.4, 0.5) is 0 Å². The highest BCUT2D eigenvalue weighted by Gasteiger charge is 2.21. The molecule has 2 unspecified atom stereocenters. The Balaban J connectivity index is 2.73. The lowest BCUT2D eigenvalue weighted by molar-refractivity contribution is -0.123. The predicted molar refractivity (Wildman–Crippen MR) is 81.6 cm³/mol. The maximum absolute atomic E-state index is 12.3. The molecule has 0 fully saturated rings. The summed E-state index contributed by atoms with van der Waals surface area (Å²) in [7, 11) is 0. The van der Waals surface area contributed by atoms with Gasteiger partial charge in [0.25, 0.3) is 0 Å². The molecule has 1 amide bonds. The van der Waals surface area contributed by atoms with E-state index in [-0.39, 0.29) is 23.8 Å². The fourth-order valence-corrected chi connectivity index (χ4v) is 1.88. The predicted octanol–water partition coefficient (Wildman–Crippen LogP) is 2.17. The van der Waals surface area contributed by atoms with Gasteiger partial charge in [0.15, 0.2) is 0 Å². The van der Waals surface area contributed by atoms with Crippen LogP contribution in [0.3, 0.4) is 0 Å². The Labute approximate surface area is 120 Å². The highest BCUT2D eigenvalue weighted by molar-refractivity contribution is 5.82. The summed E-state index contributed by atoms with van der Waals surface area (Å²) in [4.78, 5) is 12.3. The Morgan fingerprint density at radius 3 is 2.35 bits per heavy atom. The normalized spacial score (nSPS) is 13.8. The van der Waals surface area contributed by atoms with Crippen LogP contribution in [0.1, 0.15) is 26.3 Å². The fourth-order valence-electron chi connectivity index (χ4n) is 1.88. The quantitative estimate of drug-likeness (QED) is 0.669. The van der Waals surface area contributed by atoms with E-state index in [0.29, 0.717) is 6.42 Å². The molecule has 1 aromatic carbocycles. The number of rotatable bonds is 7. The van der Waals surface area contributed by atoms with E-state index >= 15 is 0 Å². The first kappa shape index (κ1) is 16.2. The minimum Gasteiger partial charge on any atom is -0.511 e. The highest BCUT2D eigenvalue weighted by Crippen LogP contribution is 2.05. The molecule has 0 aliphatic carbocycles. The molecular formula is C16H24N2O2. The second-order valence-corrected chi connectivity index (χ2v) is 5.29. The van der Waals surface area contributed by atoms with Crippen molar-refractivity contribution in [2.24, 2.45) is 0 Å². The number of amides is 1. The lowest BCUT2D eigenvalue weighted by atomic mass is 10.0. The van der Waals surface area contributed by atoms with Gasteiger partial charge in [0.1, 0.15) is 5.76 Å². The van der Waals surface area contributed by atoms with Gasteiger partial charge in [-0.15, -0.1) is 0 Å². The molecule has 0 aliphatic rings. The van der Waals surface area contributed by atoms with E-state index in [1.165, 1.54) is 0 Å². The van der Waals surface area contributed by atoms with Crippen molar-refractivity contribution in [2.45, 2.75) is 45.3 Å². The molecule has 0 bridgehead atoms. The first-order valence-electron chi connectivity index (χ1n) is 6.88. The van der Waals surface area contributed by atoms with E-state index in [1.807, 2.05) is 44.2 Å². The summed E-state index contributed by atoms with van der Waals surface area (Å²) >= 11 is 0. The average molecular weight is 276 g/mol. The van der Waals surface area contributed by atoms with Crippen molar-refractivity contribution in [2.75, 3.05) is 0 Å². The molecule has 0 saturated heterocycles. The molecule has 3 N–H and O–H groups in total. The smallest absolute Gasteiger partial charge is 0.238 e. The van der Waals surface area contributed by atoms with Crippen LogP contribution >= 0.6 is 0 Å². The van der Waals surface area contributed by atoms with E-state index in [4.69, 9.17) is 0 Å². The minimum absolute atomic E-state index is 0.0404. The van der Waals surface area contributed by atoms with Crippen molar-refractivity contribution in [3.8, 4) is 0 Å². The van der Waals surface area contributed by atoms with Gasteiger partial charge in [-0.05, 0) is 18.9 Å². The first-order chi connectivity index (χ1) is 9.40. The van der Waals surface area contributed by atoms with Crippen molar-refractivity contribution in [1.29, 1.82) is 0 Å². The summed E-state index contributed by atoms with van der Waals surface area (Å²) < 4.78 is 0. The van der Waals surface area contributed by atoms with Gasteiger partial charge in [0, 0.05) is 6.04 Å². The Hall–Kier alpha value is -1.81. The molecule has 1 aromatic rings. The number of nitrogens with one attached hydrogen (secondary N) is 2. The summed E-state index contributed by atoms with van der Waals surface area (Å²) in [6.45, 7) is 9.14. The van der Waals surface area contributed by atoms with Crippen molar-refractivity contribution >= 4 is 5.91 Å². The van der Waals surface area contributed by atoms with Crippen LogP contribution in [0, 0.1) is 0 Å². The molecule has 4 heteroatoms. The van der Waals surface area contributed by atoms with Crippen molar-refractivity contribution in [3.63, 3.8) is 0 Å². The molecule has 1 rings (SSSR count). The molecule has 0 aliphatic heterocycles. The number of aliphatic hydroxyl groups is 1. The lowest BCUT2D eigenvalue weighted by Gasteiger charge is -2.23. The topological polar surface area (TPSA) is 61.4 Å². The number of hydrogen-bond acceptors (Lipinski definition) is 3. The molecule has 2 atom stereocenters. The highest BCUT2D eigenvalue weighted by atomic mass is 16.3. The standard InChI is InChI=1S/C16H24N2O2/c1-11(2)17-15(10-14-8-6-5-7-9-14)16(20)18-12(3)13(4)19/h5-9,11-12,15,17,19H,4,10H2,1-3H3,(H,18,20). The SMILES string of the molecule is C=C(O)C(C)NC(=O)C(Cc1ccccc1)NC(C)C. The molecule has 0 aromatic heterocycles. The monoisotopic (exact) mass is 276 g/mol. The zero-order valence-electron chi connectivity index (χ0n) is 12.4. The third-order valence-corrected chi connectivity index (χ3v) is 2.99. The number of carbonyl (C=O) groups is 1. The van der Waals surface area contributed by atoms with Crippen LogP contribution in [-0.4, -0.2) is 29.1 Å². The van der Waals surface area contributed by atoms with Crippen LogP contribution in [0.15, 0.2) is 42.7 Å². The Bertz CT molecular complexity index is 443. The number of benzene rings is 1. The van der Waals surface area contributed by atoms with Gasteiger partial charge in [-0.25, -0.2) is 0 Å². The molecule has 4 nitrogen and oxygen atoms in total. The van der Waals surface area contributed by atoms with E-state index < -0.39 is 6.04 Å². The van der Waals surface area contributed by atoms with E-state index in [2.05, 4.69) is 17.2 Å². The molecule has 0 heterocycles. The summed E-state index contributed by atoms with van der Waals surface area (Å²) in [5.74, 6) is -0.174. The minimum atomic E-state index is -0.449. The van der Waals surface area contributed by atoms with Crippen LogP contribution in [0.2, 0.25) is 0 Å². The van der Waals surface area contributed by atoms with Crippen molar-refractivity contribution in [3.05, 3.63) is 48.2 Å². The molecule has 0 saturated carbocycles. The Morgan fingerprint density at radius 1 is 1.25 bits per heavy atom. The molecule has 0 radical (unpaired) electrons. The van der Waals surface area contributed by atoms with Gasteiger partial charge in [0.05, 0.1) is 12.1 Å². The third-order valence-electron chi connectivity index (χ3n) is 2.99. The molecule has 110 valence electrons. The fraction of sp³-hybridized carbons (Fsp3) is 0.438. The first-order valence-corrected chi connectivity index (χ1v) is 6.88. The van der Waals surface area contributed by atoms with Gasteiger partial charge in [-0.1, -0.05) is 50.8 Å². The number of carbonyl (C=O) groups excluding carboxylic acids is 1. The molecule has 20 heavy (non-hydrogen) atoms. The van der Waals surface area contributed by atoms with Crippen LogP contribution in [0.5, 0.6) is 0 Å². The van der Waals surface area contributed by atoms with Crippen LogP contribution in [0.25, 0.3) is 0 Å². The second-order valence-electron chi connectivity index (χ2n) is 5.29. The molecule has 0 spiro atoms. The summed E-state index contributed by atoms with van der Waals surface area (Å²) in [5.41, 5.74) is 1.09. The van der Waals surface area contributed by atoms with Gasteiger partial charge < -0.3 is 15.7 Å². The Kier molecular flexibility index (Phi) is 6.25. The van der Waals surface area contributed by atoms with Crippen molar-refractivity contribution < 1.29 is 9.90 Å². The molecular weight excluding hydrogens is 252 g/mol. The van der Waals surface area contributed by atoms with E-state index in [1.54, 1.807) is 6.92 Å². The number of aliphatic hydroxyl groups excluding tert-OH is 1. The zero-order chi connectivity index (χ0) is 15.1. The van der Waals surface area contributed by atoms with Crippen LogP contribution in [-0.2, 0) is 11.2 Å². The lowest BCUT2D eigenvalue weighted by Crippen LogP contribution is -2.50. The van der Waals surface area contributed by atoms with Crippen LogP contribution < -0.4 is 10.6 Å². The maximum atomic E-state index is 12.3. The second kappa shape index (κ2) is 7.70. The largest absolute Gasteiger partial charge is 0.511 e. The van der Waals surface area contributed by atoms with E-state index in [9.17, 15) is 9.90 Å². The average Bonchev–Trinajstić information content (AvgIpc) is 2.38. The van der Waals surface area contributed by atoms with Crippen molar-refractivity contribution in [1.82, 2.24) is 10.6 Å². The summed E-state index contributed by atoms with van der Waals surface area (Å²) in [5, 5.41) is 15.3. The maximum Gasteiger partial charge on any atom is 0.238 e. The summed E-state index contributed by atoms with van der Waals surface area (Å²) in [6.07, 6.45) is 0.607. The van der Waals surface area contributed by atoms with Gasteiger partial charge in [0.2, 0.25) is 5.91 Å². The number of hydrogen-bond donors (Lipinski definition) is 3. The third kappa shape index (κ3) is 5.45. The van der Waals surface area contributed by atoms with Gasteiger partial charge in [-0.2, -0.15) is 0 Å². The summed E-state index contributed by atoms with van der Waals surface area (Å²) in [6, 6.07) is 9.27. The Morgan fingerprint density at radius 2 is 1.85 bits per heavy atom. The zero-order valence-corrected chi connectivity index (χ0v) is 12.4. The van der Waals surface area contributed by atoms with E-state index in [0.717, 1.165) is 5.56 Å². The van der Waals surface area contributed by atoms with Gasteiger partial charge in [-0.3, -0.25) is 4.79 Å².